The molecule has 274 valence electrons. The molecule has 1 aliphatic rings. The highest BCUT2D eigenvalue weighted by Gasteiger charge is 2.36. The van der Waals surface area contributed by atoms with Crippen molar-refractivity contribution in [3.63, 3.8) is 0 Å². The van der Waals surface area contributed by atoms with Crippen LogP contribution in [0.2, 0.25) is 0 Å². The lowest BCUT2D eigenvalue weighted by atomic mass is 10.1. The molecule has 0 bridgehead atoms. The summed E-state index contributed by atoms with van der Waals surface area (Å²) in [5.74, 6) is -3.48. The lowest BCUT2D eigenvalue weighted by molar-refractivity contribution is -0.129. The second-order valence-corrected chi connectivity index (χ2v) is 11.3. The quantitative estimate of drug-likeness (QED) is 0.0726. The fourth-order valence-corrected chi connectivity index (χ4v) is 4.82. The third-order valence-corrected chi connectivity index (χ3v) is 7.56. The Bertz CT molecular complexity index is 2050. The molecule has 0 spiro atoms. The van der Waals surface area contributed by atoms with Gasteiger partial charge >= 0.3 is 35.8 Å². The van der Waals surface area contributed by atoms with Crippen LogP contribution in [0.3, 0.4) is 0 Å². The average Bonchev–Trinajstić information content (AvgIpc) is 3.65. The predicted molar refractivity (Wildman–Crippen MR) is 186 cm³/mol. The van der Waals surface area contributed by atoms with Gasteiger partial charge in [0.05, 0.1) is 28.9 Å². The third kappa shape index (κ3) is 10.2. The van der Waals surface area contributed by atoms with Crippen molar-refractivity contribution in [2.45, 2.75) is 24.7 Å². The second-order valence-electron chi connectivity index (χ2n) is 11.3. The van der Waals surface area contributed by atoms with E-state index in [1.165, 1.54) is 97.1 Å². The van der Waals surface area contributed by atoms with E-state index in [0.29, 0.717) is 6.29 Å². The maximum Gasteiger partial charge on any atom is 0.343 e. The van der Waals surface area contributed by atoms with Crippen molar-refractivity contribution in [2.24, 2.45) is 0 Å². The molecular weight excluding hydrogens is 704 g/mol. The Hall–Kier alpha value is -7.19. The number of hydrogen-bond donors (Lipinski definition) is 0. The Morgan fingerprint density at radius 1 is 0.556 bits per heavy atom. The lowest BCUT2D eigenvalue weighted by Gasteiger charge is -2.18. The standard InChI is InChI=1S/C40H30O14/c1-3-35(42)49-28-13-5-24(6-14-28)37(44)51-30-17-9-26(10-18-30)39(46)53-32-21-33(48-23-32)34(22-41)54-40(47)27-11-19-31(20-12-27)52-38(45)25-7-15-29(16-8-25)50-36(43)4-2/h3-20,22,32-34H,1-2,21,23H2/t32-,33+,34?/m1/s1. The lowest BCUT2D eigenvalue weighted by Crippen LogP contribution is -2.33. The molecule has 1 aliphatic heterocycles. The number of ether oxygens (including phenoxy) is 7. The highest BCUT2D eigenvalue weighted by molar-refractivity contribution is 5.94. The molecule has 14 nitrogen and oxygen atoms in total. The van der Waals surface area contributed by atoms with Gasteiger partial charge in [-0.1, -0.05) is 13.2 Å². The molecule has 1 heterocycles. The van der Waals surface area contributed by atoms with Gasteiger partial charge in [-0.2, -0.15) is 0 Å². The molecule has 5 rings (SSSR count). The van der Waals surface area contributed by atoms with Crippen LogP contribution in [-0.4, -0.2) is 67.0 Å². The number of benzene rings is 4. The normalized spacial score (nSPS) is 15.0. The third-order valence-electron chi connectivity index (χ3n) is 7.56. The van der Waals surface area contributed by atoms with Gasteiger partial charge in [0.15, 0.2) is 12.4 Å². The Kier molecular flexibility index (Phi) is 12.6. The number of carbonyl (C=O) groups excluding carboxylic acids is 7. The SMILES string of the molecule is C=CC(=O)Oc1ccc(C(=O)Oc2ccc(C(=O)OC(C=O)[C@@H]3C[C@@H](OC(=O)c4ccc(OC(=O)c5ccc(OC(=O)C=C)cc5)cc4)CO3)cc2)cc1. The van der Waals surface area contributed by atoms with Gasteiger partial charge < -0.3 is 33.2 Å². The summed E-state index contributed by atoms with van der Waals surface area (Å²) in [5, 5.41) is 0. The van der Waals surface area contributed by atoms with Crippen molar-refractivity contribution in [1.29, 1.82) is 0 Å². The maximum atomic E-state index is 12.8. The first-order valence-corrected chi connectivity index (χ1v) is 16.1. The van der Waals surface area contributed by atoms with E-state index in [0.717, 1.165) is 12.2 Å². The Labute approximate surface area is 307 Å². The Morgan fingerprint density at radius 3 is 1.31 bits per heavy atom. The van der Waals surface area contributed by atoms with Crippen LogP contribution < -0.4 is 18.9 Å². The van der Waals surface area contributed by atoms with Crippen molar-refractivity contribution < 1.29 is 66.7 Å². The maximum absolute atomic E-state index is 12.8. The first-order chi connectivity index (χ1) is 26.0. The van der Waals surface area contributed by atoms with Gasteiger partial charge in [-0.15, -0.1) is 0 Å². The largest absolute Gasteiger partial charge is 0.456 e. The number of esters is 6. The van der Waals surface area contributed by atoms with E-state index in [1.54, 1.807) is 0 Å². The van der Waals surface area contributed by atoms with E-state index in [9.17, 15) is 33.6 Å². The van der Waals surface area contributed by atoms with E-state index in [-0.39, 0.29) is 58.3 Å². The van der Waals surface area contributed by atoms with E-state index < -0.39 is 54.1 Å². The highest BCUT2D eigenvalue weighted by Crippen LogP contribution is 2.24. The Balaban J connectivity index is 1.07. The summed E-state index contributed by atoms with van der Waals surface area (Å²) in [6.07, 6.45) is -0.445. The second kappa shape index (κ2) is 17.8. The van der Waals surface area contributed by atoms with E-state index in [1.807, 2.05) is 0 Å². The van der Waals surface area contributed by atoms with Crippen molar-refractivity contribution >= 4 is 42.1 Å². The smallest absolute Gasteiger partial charge is 0.343 e. The first kappa shape index (κ1) is 38.1. The molecule has 0 radical (unpaired) electrons. The molecule has 1 fully saturated rings. The molecule has 1 saturated heterocycles. The van der Waals surface area contributed by atoms with Crippen LogP contribution >= 0.6 is 0 Å². The van der Waals surface area contributed by atoms with Crippen molar-refractivity contribution in [3.05, 3.63) is 145 Å². The van der Waals surface area contributed by atoms with Crippen LogP contribution in [0.5, 0.6) is 23.0 Å². The molecule has 14 heteroatoms. The summed E-state index contributed by atoms with van der Waals surface area (Å²) in [6, 6.07) is 22.4. The predicted octanol–water partition coefficient (Wildman–Crippen LogP) is 5.05. The van der Waals surface area contributed by atoms with Gasteiger partial charge in [0.2, 0.25) is 0 Å². The zero-order valence-electron chi connectivity index (χ0n) is 28.2. The fraction of sp³-hybridized carbons (Fsp3) is 0.125. The molecule has 1 unspecified atom stereocenters. The van der Waals surface area contributed by atoms with E-state index in [4.69, 9.17) is 33.2 Å². The zero-order chi connectivity index (χ0) is 38.6. The van der Waals surface area contributed by atoms with E-state index in [2.05, 4.69) is 13.2 Å². The van der Waals surface area contributed by atoms with Gasteiger partial charge in [0.1, 0.15) is 35.2 Å². The van der Waals surface area contributed by atoms with Crippen LogP contribution in [0.1, 0.15) is 47.9 Å². The molecule has 4 aromatic carbocycles. The minimum atomic E-state index is -1.31. The van der Waals surface area contributed by atoms with Gasteiger partial charge in [-0.3, -0.25) is 4.79 Å². The van der Waals surface area contributed by atoms with Crippen molar-refractivity contribution in [2.75, 3.05) is 6.61 Å². The van der Waals surface area contributed by atoms with Crippen molar-refractivity contribution in [3.8, 4) is 23.0 Å². The fourth-order valence-electron chi connectivity index (χ4n) is 4.82. The summed E-state index contributed by atoms with van der Waals surface area (Å²) in [4.78, 5) is 85.1. The molecule has 4 aromatic rings. The van der Waals surface area contributed by atoms with Gasteiger partial charge in [0, 0.05) is 18.6 Å². The highest BCUT2D eigenvalue weighted by atomic mass is 16.6. The monoisotopic (exact) mass is 734 g/mol. The zero-order valence-corrected chi connectivity index (χ0v) is 28.2. The summed E-state index contributed by atoms with van der Waals surface area (Å²) >= 11 is 0. The van der Waals surface area contributed by atoms with Crippen LogP contribution in [-0.2, 0) is 28.6 Å². The summed E-state index contributed by atoms with van der Waals surface area (Å²) in [7, 11) is 0. The molecular formula is C40H30O14. The van der Waals surface area contributed by atoms with Crippen LogP contribution in [0.15, 0.2) is 122 Å². The number of aldehydes is 1. The summed E-state index contributed by atoms with van der Waals surface area (Å²) < 4.78 is 37.1. The molecule has 0 aromatic heterocycles. The molecule has 3 atom stereocenters. The van der Waals surface area contributed by atoms with Crippen LogP contribution in [0, 0.1) is 0 Å². The molecule has 0 amide bonds. The van der Waals surface area contributed by atoms with Gasteiger partial charge in [-0.05, 0) is 97.1 Å². The molecule has 0 aliphatic carbocycles. The number of carbonyl (C=O) groups is 7. The molecule has 0 saturated carbocycles. The minimum Gasteiger partial charge on any atom is -0.456 e. The van der Waals surface area contributed by atoms with Gasteiger partial charge in [-0.25, -0.2) is 28.8 Å². The summed E-state index contributed by atoms with van der Waals surface area (Å²) in [5.41, 5.74) is 0.595. The number of hydrogen-bond acceptors (Lipinski definition) is 14. The summed E-state index contributed by atoms with van der Waals surface area (Å²) in [6.45, 7) is 6.57. The first-order valence-electron chi connectivity index (χ1n) is 16.1. The minimum absolute atomic E-state index is 0.0532. The molecule has 54 heavy (non-hydrogen) atoms. The molecule has 0 N–H and O–H groups in total. The Morgan fingerprint density at radius 2 is 0.926 bits per heavy atom. The van der Waals surface area contributed by atoms with E-state index >= 15 is 0 Å². The van der Waals surface area contributed by atoms with Crippen LogP contribution in [0.25, 0.3) is 0 Å². The van der Waals surface area contributed by atoms with Gasteiger partial charge in [0.25, 0.3) is 0 Å². The average molecular weight is 735 g/mol. The topological polar surface area (TPSA) is 184 Å². The number of rotatable bonds is 14. The van der Waals surface area contributed by atoms with Crippen molar-refractivity contribution in [1.82, 2.24) is 0 Å². The van der Waals surface area contributed by atoms with Crippen LogP contribution in [0.4, 0.5) is 0 Å².